The van der Waals surface area contributed by atoms with Crippen molar-refractivity contribution in [1.29, 1.82) is 0 Å². The van der Waals surface area contributed by atoms with E-state index < -0.39 is 0 Å². The summed E-state index contributed by atoms with van der Waals surface area (Å²) in [6.45, 7) is 7.14. The van der Waals surface area contributed by atoms with Crippen molar-refractivity contribution in [3.8, 4) is 0 Å². The first-order valence-electron chi connectivity index (χ1n) is 6.22. The summed E-state index contributed by atoms with van der Waals surface area (Å²) in [5.74, 6) is 0.769. The largest absolute Gasteiger partial charge is 0.396 e. The molecule has 0 spiro atoms. The molecule has 0 aliphatic heterocycles. The van der Waals surface area contributed by atoms with Gasteiger partial charge >= 0.3 is 0 Å². The Morgan fingerprint density at radius 3 is 2.60 bits per heavy atom. The summed E-state index contributed by atoms with van der Waals surface area (Å²) in [5.41, 5.74) is 1.17. The maximum absolute atomic E-state index is 9.07. The number of hydrogen-bond acceptors (Lipinski definition) is 2. The van der Waals surface area contributed by atoms with E-state index in [2.05, 4.69) is 11.9 Å². The third-order valence-electron chi connectivity index (χ3n) is 3.32. The Balaban J connectivity index is 2.36. The predicted molar refractivity (Wildman–Crippen MR) is 64.9 cm³/mol. The SMILES string of the molecule is C=C(C)CN[C@@H](CCO)C1CCCCC1. The van der Waals surface area contributed by atoms with Crippen LogP contribution in [-0.4, -0.2) is 24.3 Å². The molecular weight excluding hydrogens is 186 g/mol. The molecule has 0 aromatic rings. The second-order valence-corrected chi connectivity index (χ2v) is 4.85. The monoisotopic (exact) mass is 211 g/mol. The van der Waals surface area contributed by atoms with Crippen LogP contribution in [0.5, 0.6) is 0 Å². The lowest BCUT2D eigenvalue weighted by atomic mass is 9.82. The van der Waals surface area contributed by atoms with Crippen LogP contribution >= 0.6 is 0 Å². The van der Waals surface area contributed by atoms with E-state index in [1.807, 2.05) is 6.92 Å². The maximum atomic E-state index is 9.07. The molecule has 88 valence electrons. The molecule has 0 radical (unpaired) electrons. The normalized spacial score (nSPS) is 20.1. The zero-order valence-corrected chi connectivity index (χ0v) is 9.97. The number of aliphatic hydroxyl groups excluding tert-OH is 1. The first kappa shape index (κ1) is 12.7. The molecule has 0 heterocycles. The molecule has 2 nitrogen and oxygen atoms in total. The first-order chi connectivity index (χ1) is 7.24. The summed E-state index contributed by atoms with van der Waals surface area (Å²) in [7, 11) is 0. The van der Waals surface area contributed by atoms with Crippen molar-refractivity contribution in [2.24, 2.45) is 5.92 Å². The summed E-state index contributed by atoms with van der Waals surface area (Å²) < 4.78 is 0. The Morgan fingerprint density at radius 2 is 2.07 bits per heavy atom. The molecule has 0 aromatic carbocycles. The molecule has 1 atom stereocenters. The van der Waals surface area contributed by atoms with Crippen LogP contribution in [0.15, 0.2) is 12.2 Å². The minimum Gasteiger partial charge on any atom is -0.396 e. The van der Waals surface area contributed by atoms with E-state index in [0.29, 0.717) is 12.6 Å². The van der Waals surface area contributed by atoms with Crippen LogP contribution < -0.4 is 5.32 Å². The molecule has 1 rings (SSSR count). The molecule has 0 unspecified atom stereocenters. The van der Waals surface area contributed by atoms with Gasteiger partial charge in [0.15, 0.2) is 0 Å². The lowest BCUT2D eigenvalue weighted by Crippen LogP contribution is -2.38. The van der Waals surface area contributed by atoms with E-state index in [4.69, 9.17) is 5.11 Å². The quantitative estimate of drug-likeness (QED) is 0.662. The minimum atomic E-state index is 0.296. The molecule has 2 N–H and O–H groups in total. The van der Waals surface area contributed by atoms with Crippen molar-refractivity contribution in [3.63, 3.8) is 0 Å². The average molecular weight is 211 g/mol. The summed E-state index contributed by atoms with van der Waals surface area (Å²) in [5, 5.41) is 12.6. The predicted octanol–water partition coefficient (Wildman–Crippen LogP) is 2.48. The molecule has 0 aromatic heterocycles. The van der Waals surface area contributed by atoms with Crippen LogP contribution in [0.2, 0.25) is 0 Å². The second-order valence-electron chi connectivity index (χ2n) is 4.85. The highest BCUT2D eigenvalue weighted by atomic mass is 16.3. The van der Waals surface area contributed by atoms with Gasteiger partial charge in [-0.15, -0.1) is 0 Å². The van der Waals surface area contributed by atoms with Crippen molar-refractivity contribution >= 4 is 0 Å². The molecule has 1 aliphatic carbocycles. The molecule has 0 amide bonds. The maximum Gasteiger partial charge on any atom is 0.0445 e. The van der Waals surface area contributed by atoms with Gasteiger partial charge < -0.3 is 10.4 Å². The summed E-state index contributed by atoms with van der Waals surface area (Å²) in [6, 6.07) is 0.493. The van der Waals surface area contributed by atoms with E-state index in [1.165, 1.54) is 37.7 Å². The van der Waals surface area contributed by atoms with E-state index in [9.17, 15) is 0 Å². The molecule has 1 saturated carbocycles. The fourth-order valence-electron chi connectivity index (χ4n) is 2.49. The van der Waals surface area contributed by atoms with Gasteiger partial charge in [0, 0.05) is 19.2 Å². The van der Waals surface area contributed by atoms with E-state index in [0.717, 1.165) is 18.9 Å². The molecule has 1 fully saturated rings. The third kappa shape index (κ3) is 4.80. The first-order valence-corrected chi connectivity index (χ1v) is 6.22. The Hall–Kier alpha value is -0.340. The molecule has 15 heavy (non-hydrogen) atoms. The highest BCUT2D eigenvalue weighted by molar-refractivity contribution is 4.93. The zero-order chi connectivity index (χ0) is 11.1. The zero-order valence-electron chi connectivity index (χ0n) is 9.97. The van der Waals surface area contributed by atoms with Gasteiger partial charge in [-0.05, 0) is 32.1 Å². The summed E-state index contributed by atoms with van der Waals surface area (Å²) in [6.07, 6.45) is 7.66. The highest BCUT2D eigenvalue weighted by Crippen LogP contribution is 2.27. The van der Waals surface area contributed by atoms with Gasteiger partial charge in [-0.3, -0.25) is 0 Å². The Kier molecular flexibility index (Phi) is 5.96. The van der Waals surface area contributed by atoms with Crippen molar-refractivity contribution in [3.05, 3.63) is 12.2 Å². The van der Waals surface area contributed by atoms with E-state index in [1.54, 1.807) is 0 Å². The van der Waals surface area contributed by atoms with Crippen LogP contribution in [0.4, 0.5) is 0 Å². The van der Waals surface area contributed by atoms with Gasteiger partial charge in [0.25, 0.3) is 0 Å². The number of hydrogen-bond donors (Lipinski definition) is 2. The average Bonchev–Trinajstić information content (AvgIpc) is 2.25. The topological polar surface area (TPSA) is 32.3 Å². The van der Waals surface area contributed by atoms with Gasteiger partial charge in [0.05, 0.1) is 0 Å². The molecule has 1 aliphatic rings. The highest BCUT2D eigenvalue weighted by Gasteiger charge is 2.22. The number of nitrogens with one attached hydrogen (secondary N) is 1. The Labute approximate surface area is 93.8 Å². The van der Waals surface area contributed by atoms with Gasteiger partial charge in [0.2, 0.25) is 0 Å². The number of rotatable bonds is 6. The summed E-state index contributed by atoms with van der Waals surface area (Å²) >= 11 is 0. The van der Waals surface area contributed by atoms with Gasteiger partial charge in [-0.1, -0.05) is 31.4 Å². The smallest absolute Gasteiger partial charge is 0.0445 e. The third-order valence-corrected chi connectivity index (χ3v) is 3.32. The van der Waals surface area contributed by atoms with Crippen LogP contribution in [0.25, 0.3) is 0 Å². The van der Waals surface area contributed by atoms with Crippen LogP contribution in [0.1, 0.15) is 45.4 Å². The Morgan fingerprint density at radius 1 is 1.40 bits per heavy atom. The fourth-order valence-corrected chi connectivity index (χ4v) is 2.49. The van der Waals surface area contributed by atoms with Gasteiger partial charge in [0.1, 0.15) is 0 Å². The van der Waals surface area contributed by atoms with Gasteiger partial charge in [-0.25, -0.2) is 0 Å². The summed E-state index contributed by atoms with van der Waals surface area (Å²) in [4.78, 5) is 0. The van der Waals surface area contributed by atoms with E-state index >= 15 is 0 Å². The van der Waals surface area contributed by atoms with Crippen LogP contribution in [0.3, 0.4) is 0 Å². The fraction of sp³-hybridized carbons (Fsp3) is 0.846. The second kappa shape index (κ2) is 7.02. The minimum absolute atomic E-state index is 0.296. The Bertz CT molecular complexity index is 185. The van der Waals surface area contributed by atoms with E-state index in [-0.39, 0.29) is 0 Å². The molecule has 0 saturated heterocycles. The van der Waals surface area contributed by atoms with Crippen molar-refractivity contribution in [1.82, 2.24) is 5.32 Å². The van der Waals surface area contributed by atoms with Crippen molar-refractivity contribution in [2.75, 3.05) is 13.2 Å². The van der Waals surface area contributed by atoms with Crippen LogP contribution in [0, 0.1) is 5.92 Å². The lowest BCUT2D eigenvalue weighted by Gasteiger charge is -2.30. The standard InChI is InChI=1S/C13H25NO/c1-11(2)10-14-13(8-9-15)12-6-4-3-5-7-12/h12-15H,1,3-10H2,2H3/t13-/m0/s1. The lowest BCUT2D eigenvalue weighted by molar-refractivity contribution is 0.209. The molecule has 2 heteroatoms. The van der Waals surface area contributed by atoms with Crippen molar-refractivity contribution in [2.45, 2.75) is 51.5 Å². The molecule has 0 bridgehead atoms. The number of aliphatic hydroxyl groups is 1. The van der Waals surface area contributed by atoms with Crippen LogP contribution in [-0.2, 0) is 0 Å². The van der Waals surface area contributed by atoms with Gasteiger partial charge in [-0.2, -0.15) is 0 Å². The van der Waals surface area contributed by atoms with Crippen molar-refractivity contribution < 1.29 is 5.11 Å². The molecular formula is C13H25NO.